The molecule has 34 heavy (non-hydrogen) atoms. The second-order valence-electron chi connectivity index (χ2n) is 9.65. The first kappa shape index (κ1) is 20.7. The number of pyridine rings is 2. The molecule has 0 unspecified atom stereocenters. The lowest BCUT2D eigenvalue weighted by Gasteiger charge is -2.48. The van der Waals surface area contributed by atoms with Crippen LogP contribution < -0.4 is 4.90 Å². The molecule has 7 heteroatoms. The van der Waals surface area contributed by atoms with Crippen molar-refractivity contribution >= 4 is 33.7 Å². The number of aromatic amines is 1. The van der Waals surface area contributed by atoms with E-state index < -0.39 is 0 Å². The number of nitriles is 1. The Balaban J connectivity index is 1.50. The van der Waals surface area contributed by atoms with Crippen molar-refractivity contribution in [2.75, 3.05) is 31.1 Å². The Labute approximate surface area is 198 Å². The SMILES string of the molecule is CCC(=O)N1CC2(CCN(c3nc4ccccc4c(-c4c(C)cnc5[nH]ccc45)c3C#N)C2)C1. The van der Waals surface area contributed by atoms with Crippen molar-refractivity contribution in [3.8, 4) is 17.2 Å². The summed E-state index contributed by atoms with van der Waals surface area (Å²) in [6.45, 7) is 7.20. The van der Waals surface area contributed by atoms with E-state index in [1.165, 1.54) is 0 Å². The van der Waals surface area contributed by atoms with Crippen LogP contribution in [-0.2, 0) is 4.79 Å². The van der Waals surface area contributed by atoms with Gasteiger partial charge < -0.3 is 14.8 Å². The maximum Gasteiger partial charge on any atom is 0.222 e. The zero-order valence-electron chi connectivity index (χ0n) is 19.4. The van der Waals surface area contributed by atoms with Crippen LogP contribution in [0.25, 0.3) is 33.1 Å². The van der Waals surface area contributed by atoms with E-state index in [-0.39, 0.29) is 11.3 Å². The second-order valence-corrected chi connectivity index (χ2v) is 9.65. The molecular weight excluding hydrogens is 424 g/mol. The van der Waals surface area contributed by atoms with E-state index in [9.17, 15) is 10.1 Å². The number of aromatic nitrogens is 3. The molecule has 1 aromatic carbocycles. The number of H-pyrrole nitrogens is 1. The number of para-hydroxylation sites is 1. The fraction of sp³-hybridized carbons (Fsp3) is 0.333. The van der Waals surface area contributed by atoms with Gasteiger partial charge in [0.05, 0.1) is 5.52 Å². The van der Waals surface area contributed by atoms with Crippen LogP contribution >= 0.6 is 0 Å². The lowest BCUT2D eigenvalue weighted by atomic mass is 9.79. The Morgan fingerprint density at radius 2 is 2.00 bits per heavy atom. The fourth-order valence-corrected chi connectivity index (χ4v) is 5.77. The van der Waals surface area contributed by atoms with Gasteiger partial charge in [0.25, 0.3) is 0 Å². The largest absolute Gasteiger partial charge is 0.355 e. The molecule has 2 fully saturated rings. The van der Waals surface area contributed by atoms with Crippen molar-refractivity contribution in [3.63, 3.8) is 0 Å². The molecule has 0 saturated carbocycles. The van der Waals surface area contributed by atoms with Gasteiger partial charge in [-0.2, -0.15) is 5.26 Å². The molecular formula is C27H26N6O. The quantitative estimate of drug-likeness (QED) is 0.500. The summed E-state index contributed by atoms with van der Waals surface area (Å²) in [5, 5.41) is 12.4. The lowest BCUT2D eigenvalue weighted by Crippen LogP contribution is -2.59. The molecule has 7 nitrogen and oxygen atoms in total. The summed E-state index contributed by atoms with van der Waals surface area (Å²) in [6, 6.07) is 12.6. The standard InChI is InChI=1S/C27H26N6O/c1-3-22(34)33-15-27(16-33)9-11-32(14-27)26-20(12-28)24(18-6-4-5-7-21(18)31-26)23-17(2)13-30-25-19(23)8-10-29-25/h4-8,10,13H,3,9,11,14-16H2,1-2H3,(H,29,30). The first-order chi connectivity index (χ1) is 16.5. The predicted octanol–water partition coefficient (Wildman–Crippen LogP) is 4.41. The highest BCUT2D eigenvalue weighted by molar-refractivity contribution is 6.07. The number of nitrogens with one attached hydrogen (secondary N) is 1. The first-order valence-corrected chi connectivity index (χ1v) is 11.8. The molecule has 5 heterocycles. The van der Waals surface area contributed by atoms with Gasteiger partial charge in [0.1, 0.15) is 23.1 Å². The monoisotopic (exact) mass is 450 g/mol. The summed E-state index contributed by atoms with van der Waals surface area (Å²) in [5.74, 6) is 0.963. The minimum atomic E-state index is 0.103. The van der Waals surface area contributed by atoms with Crippen molar-refractivity contribution < 1.29 is 4.79 Å². The normalized spacial score (nSPS) is 16.9. The lowest BCUT2D eigenvalue weighted by molar-refractivity contribution is -0.141. The Hall–Kier alpha value is -3.92. The van der Waals surface area contributed by atoms with E-state index >= 15 is 0 Å². The topological polar surface area (TPSA) is 88.9 Å². The summed E-state index contributed by atoms with van der Waals surface area (Å²) in [6.07, 6.45) is 5.31. The van der Waals surface area contributed by atoms with Crippen LogP contribution in [0.3, 0.4) is 0 Å². The fourth-order valence-electron chi connectivity index (χ4n) is 5.77. The Morgan fingerprint density at radius 3 is 2.79 bits per heavy atom. The molecule has 0 bridgehead atoms. The summed E-state index contributed by atoms with van der Waals surface area (Å²) >= 11 is 0. The molecule has 2 saturated heterocycles. The average Bonchev–Trinajstić information content (AvgIpc) is 3.49. The number of fused-ring (bicyclic) bond motifs is 2. The molecule has 2 aliphatic heterocycles. The number of aryl methyl sites for hydroxylation is 1. The van der Waals surface area contributed by atoms with Gasteiger partial charge in [-0.1, -0.05) is 25.1 Å². The zero-order chi connectivity index (χ0) is 23.4. The highest BCUT2D eigenvalue weighted by Gasteiger charge is 2.49. The highest BCUT2D eigenvalue weighted by Crippen LogP contribution is 2.45. The highest BCUT2D eigenvalue weighted by atomic mass is 16.2. The molecule has 6 rings (SSSR count). The van der Waals surface area contributed by atoms with Crippen molar-refractivity contribution in [2.45, 2.75) is 26.7 Å². The van der Waals surface area contributed by atoms with E-state index in [0.29, 0.717) is 12.0 Å². The molecule has 2 aliphatic rings. The third-order valence-electron chi connectivity index (χ3n) is 7.46. The van der Waals surface area contributed by atoms with Crippen molar-refractivity contribution in [1.29, 1.82) is 5.26 Å². The van der Waals surface area contributed by atoms with Crippen molar-refractivity contribution in [1.82, 2.24) is 19.9 Å². The first-order valence-electron chi connectivity index (χ1n) is 11.8. The second kappa shape index (κ2) is 7.56. The van der Waals surface area contributed by atoms with E-state index in [4.69, 9.17) is 4.98 Å². The number of hydrogen-bond acceptors (Lipinski definition) is 5. The number of amides is 1. The Bertz CT molecular complexity index is 1490. The van der Waals surface area contributed by atoms with Crippen LogP contribution in [0.15, 0.2) is 42.7 Å². The van der Waals surface area contributed by atoms with Crippen LogP contribution in [0.1, 0.15) is 30.9 Å². The third kappa shape index (κ3) is 2.98. The molecule has 4 aromatic rings. The number of hydrogen-bond donors (Lipinski definition) is 1. The molecule has 1 spiro atoms. The summed E-state index contributed by atoms with van der Waals surface area (Å²) in [4.78, 5) is 29.1. The van der Waals surface area contributed by atoms with Crippen molar-refractivity contribution in [2.24, 2.45) is 5.41 Å². The molecule has 1 amide bonds. The van der Waals surface area contributed by atoms with E-state index in [0.717, 1.165) is 77.0 Å². The number of nitrogens with zero attached hydrogens (tertiary/aromatic N) is 5. The van der Waals surface area contributed by atoms with Crippen LogP contribution in [0.2, 0.25) is 0 Å². The molecule has 0 aliphatic carbocycles. The zero-order valence-corrected chi connectivity index (χ0v) is 19.4. The number of anilines is 1. The van der Waals surface area contributed by atoms with E-state index in [2.05, 4.69) is 20.9 Å². The minimum Gasteiger partial charge on any atom is -0.355 e. The molecule has 170 valence electrons. The summed E-state index contributed by atoms with van der Waals surface area (Å²) in [7, 11) is 0. The van der Waals surface area contributed by atoms with Crippen LogP contribution in [0, 0.1) is 23.7 Å². The van der Waals surface area contributed by atoms with Gasteiger partial charge in [-0.3, -0.25) is 4.79 Å². The molecule has 1 N–H and O–H groups in total. The van der Waals surface area contributed by atoms with E-state index in [1.807, 2.05) is 61.5 Å². The summed E-state index contributed by atoms with van der Waals surface area (Å²) < 4.78 is 0. The van der Waals surface area contributed by atoms with E-state index in [1.54, 1.807) is 0 Å². The van der Waals surface area contributed by atoms with Crippen LogP contribution in [0.4, 0.5) is 5.82 Å². The van der Waals surface area contributed by atoms with Gasteiger partial charge in [0, 0.05) is 66.7 Å². The van der Waals surface area contributed by atoms with Gasteiger partial charge >= 0.3 is 0 Å². The Kier molecular flexibility index (Phi) is 4.59. The Morgan fingerprint density at radius 1 is 1.18 bits per heavy atom. The predicted molar refractivity (Wildman–Crippen MR) is 132 cm³/mol. The van der Waals surface area contributed by atoms with Gasteiger partial charge in [0.15, 0.2) is 0 Å². The summed E-state index contributed by atoms with van der Waals surface area (Å²) in [5.41, 5.74) is 5.37. The number of benzene rings is 1. The number of carbonyl (C=O) groups is 1. The molecule has 3 aromatic heterocycles. The smallest absolute Gasteiger partial charge is 0.222 e. The number of carbonyl (C=O) groups excluding carboxylic acids is 1. The number of likely N-dealkylation sites (tertiary alicyclic amines) is 1. The maximum atomic E-state index is 12.1. The van der Waals surface area contributed by atoms with Crippen LogP contribution in [-0.4, -0.2) is 51.9 Å². The van der Waals surface area contributed by atoms with Gasteiger partial charge in [-0.25, -0.2) is 9.97 Å². The van der Waals surface area contributed by atoms with Gasteiger partial charge in [-0.05, 0) is 36.6 Å². The third-order valence-corrected chi connectivity index (χ3v) is 7.46. The average molecular weight is 451 g/mol. The van der Waals surface area contributed by atoms with Gasteiger partial charge in [-0.15, -0.1) is 0 Å². The minimum absolute atomic E-state index is 0.103. The molecule has 0 atom stereocenters. The van der Waals surface area contributed by atoms with Crippen LogP contribution in [0.5, 0.6) is 0 Å². The van der Waals surface area contributed by atoms with Crippen molar-refractivity contribution in [3.05, 3.63) is 53.9 Å². The number of rotatable bonds is 3. The maximum absolute atomic E-state index is 12.1. The molecule has 0 radical (unpaired) electrons. The van der Waals surface area contributed by atoms with Gasteiger partial charge in [0.2, 0.25) is 5.91 Å².